The normalized spacial score (nSPS) is 12.9. The molecule has 11 heavy (non-hydrogen) atoms. The zero-order valence-corrected chi connectivity index (χ0v) is 6.00. The van der Waals surface area contributed by atoms with E-state index in [0.29, 0.717) is 0 Å². The molecular weight excluding hydrogens is 155 g/mol. The summed E-state index contributed by atoms with van der Waals surface area (Å²) in [5.41, 5.74) is -0.703. The highest BCUT2D eigenvalue weighted by Crippen LogP contribution is 2.24. The third kappa shape index (κ3) is 3.60. The maximum atomic E-state index is 11.8. The molecule has 0 atom stereocenters. The molecule has 0 radical (unpaired) electrons. The summed E-state index contributed by atoms with van der Waals surface area (Å²) < 4.78 is 35.5. The van der Waals surface area contributed by atoms with Crippen LogP contribution in [0.2, 0.25) is 0 Å². The zero-order chi connectivity index (χ0) is 9.07. The van der Waals surface area contributed by atoms with Crippen LogP contribution in [0.25, 0.3) is 0 Å². The van der Waals surface area contributed by atoms with Crippen molar-refractivity contribution in [3.05, 3.63) is 23.8 Å². The molecule has 0 spiro atoms. The van der Waals surface area contributed by atoms with Crippen molar-refractivity contribution >= 4 is 6.21 Å². The quantitative estimate of drug-likeness (QED) is 0.478. The second kappa shape index (κ2) is 3.37. The highest BCUT2D eigenvalue weighted by molar-refractivity contribution is 5.78. The lowest BCUT2D eigenvalue weighted by Crippen LogP contribution is -2.12. The van der Waals surface area contributed by atoms with Crippen LogP contribution in [0.4, 0.5) is 13.2 Å². The molecule has 0 bridgehead atoms. The first-order valence-electron chi connectivity index (χ1n) is 2.83. The lowest BCUT2D eigenvalue weighted by atomic mass is 10.2. The fraction of sp³-hybridized carbons (Fsp3) is 0.286. The summed E-state index contributed by atoms with van der Waals surface area (Å²) in [7, 11) is 0. The zero-order valence-electron chi connectivity index (χ0n) is 6.00. The molecule has 4 heteroatoms. The summed E-state index contributed by atoms with van der Waals surface area (Å²) in [6, 6.07) is 0. The molecule has 0 aliphatic rings. The van der Waals surface area contributed by atoms with E-state index >= 15 is 0 Å². The third-order valence-electron chi connectivity index (χ3n) is 0.885. The minimum atomic E-state index is -4.44. The van der Waals surface area contributed by atoms with E-state index < -0.39 is 11.7 Å². The van der Waals surface area contributed by atoms with E-state index in [2.05, 4.69) is 6.58 Å². The Balaban J connectivity index is 4.68. The van der Waals surface area contributed by atoms with E-state index in [4.69, 9.17) is 5.41 Å². The minimum Gasteiger partial charge on any atom is -0.308 e. The van der Waals surface area contributed by atoms with Gasteiger partial charge in [0, 0.05) is 6.21 Å². The van der Waals surface area contributed by atoms with Gasteiger partial charge in [0.15, 0.2) is 0 Å². The van der Waals surface area contributed by atoms with E-state index in [1.165, 1.54) is 6.92 Å². The minimum absolute atomic E-state index is 0.272. The van der Waals surface area contributed by atoms with Crippen molar-refractivity contribution in [2.24, 2.45) is 0 Å². The molecule has 0 unspecified atom stereocenters. The Hall–Kier alpha value is -1.06. The highest BCUT2D eigenvalue weighted by atomic mass is 19.4. The van der Waals surface area contributed by atoms with Gasteiger partial charge in [-0.2, -0.15) is 13.2 Å². The van der Waals surface area contributed by atoms with Crippen molar-refractivity contribution in [2.75, 3.05) is 0 Å². The number of hydrogen-bond donors (Lipinski definition) is 1. The SMILES string of the molecule is C=C(C)/C=C(\C=N)C(F)(F)F. The average Bonchev–Trinajstić information content (AvgIpc) is 1.79. The lowest BCUT2D eigenvalue weighted by Gasteiger charge is -2.05. The summed E-state index contributed by atoms with van der Waals surface area (Å²) in [6.45, 7) is 4.72. The first-order chi connectivity index (χ1) is 4.88. The molecule has 62 valence electrons. The van der Waals surface area contributed by atoms with Crippen LogP contribution < -0.4 is 0 Å². The van der Waals surface area contributed by atoms with Crippen LogP contribution in [0.5, 0.6) is 0 Å². The molecule has 0 aromatic heterocycles. The molecule has 1 nitrogen and oxygen atoms in total. The van der Waals surface area contributed by atoms with Crippen molar-refractivity contribution in [1.82, 2.24) is 0 Å². The van der Waals surface area contributed by atoms with Gasteiger partial charge < -0.3 is 5.41 Å². The summed E-state index contributed by atoms with van der Waals surface area (Å²) in [5.74, 6) is 0. The summed E-state index contributed by atoms with van der Waals surface area (Å²) in [6.07, 6.45) is -3.34. The van der Waals surface area contributed by atoms with Crippen LogP contribution in [-0.4, -0.2) is 12.4 Å². The van der Waals surface area contributed by atoms with Gasteiger partial charge in [-0.25, -0.2) is 0 Å². The monoisotopic (exact) mass is 163 g/mol. The lowest BCUT2D eigenvalue weighted by molar-refractivity contribution is -0.0856. The van der Waals surface area contributed by atoms with E-state index in [1.54, 1.807) is 0 Å². The summed E-state index contributed by atoms with van der Waals surface area (Å²) in [5, 5.41) is 6.45. The van der Waals surface area contributed by atoms with Gasteiger partial charge in [-0.1, -0.05) is 12.2 Å². The van der Waals surface area contributed by atoms with Crippen molar-refractivity contribution < 1.29 is 13.2 Å². The van der Waals surface area contributed by atoms with Crippen molar-refractivity contribution in [3.63, 3.8) is 0 Å². The first-order valence-corrected chi connectivity index (χ1v) is 2.83. The largest absolute Gasteiger partial charge is 0.417 e. The molecule has 0 amide bonds. The van der Waals surface area contributed by atoms with E-state index in [-0.39, 0.29) is 11.8 Å². The number of hydrogen-bond acceptors (Lipinski definition) is 1. The molecule has 0 aromatic carbocycles. The number of allylic oxidation sites excluding steroid dienone is 3. The summed E-state index contributed by atoms with van der Waals surface area (Å²) >= 11 is 0. The molecule has 0 aliphatic carbocycles. The van der Waals surface area contributed by atoms with Gasteiger partial charge in [0.25, 0.3) is 0 Å². The van der Waals surface area contributed by atoms with Gasteiger partial charge in [-0.05, 0) is 13.0 Å². The second-order valence-electron chi connectivity index (χ2n) is 2.09. The third-order valence-corrected chi connectivity index (χ3v) is 0.885. The average molecular weight is 163 g/mol. The molecule has 0 heterocycles. The Morgan fingerprint density at radius 3 is 2.00 bits per heavy atom. The Labute approximate surface area is 62.7 Å². The van der Waals surface area contributed by atoms with Crippen molar-refractivity contribution in [2.45, 2.75) is 13.1 Å². The van der Waals surface area contributed by atoms with Gasteiger partial charge in [0.05, 0.1) is 5.57 Å². The van der Waals surface area contributed by atoms with Crippen LogP contribution in [0.15, 0.2) is 23.8 Å². The fourth-order valence-electron chi connectivity index (χ4n) is 0.471. The molecule has 0 saturated heterocycles. The second-order valence-corrected chi connectivity index (χ2v) is 2.09. The van der Waals surface area contributed by atoms with Crippen LogP contribution in [0.3, 0.4) is 0 Å². The van der Waals surface area contributed by atoms with Gasteiger partial charge >= 0.3 is 6.18 Å². The Kier molecular flexibility index (Phi) is 3.04. The molecule has 0 aliphatic heterocycles. The number of nitrogens with one attached hydrogen (secondary N) is 1. The Morgan fingerprint density at radius 1 is 1.45 bits per heavy atom. The van der Waals surface area contributed by atoms with Gasteiger partial charge in [0.1, 0.15) is 0 Å². The molecule has 0 aromatic rings. The molecule has 0 saturated carbocycles. The van der Waals surface area contributed by atoms with Crippen molar-refractivity contribution in [1.29, 1.82) is 5.41 Å². The van der Waals surface area contributed by atoms with Crippen LogP contribution in [0.1, 0.15) is 6.92 Å². The number of halogens is 3. The van der Waals surface area contributed by atoms with Gasteiger partial charge in [-0.3, -0.25) is 0 Å². The van der Waals surface area contributed by atoms with Crippen LogP contribution >= 0.6 is 0 Å². The van der Waals surface area contributed by atoms with Gasteiger partial charge in [0.2, 0.25) is 0 Å². The van der Waals surface area contributed by atoms with Crippen molar-refractivity contribution in [3.8, 4) is 0 Å². The highest BCUT2D eigenvalue weighted by Gasteiger charge is 2.31. The molecular formula is C7H8F3N. The van der Waals surface area contributed by atoms with Gasteiger partial charge in [-0.15, -0.1) is 0 Å². The van der Waals surface area contributed by atoms with Crippen LogP contribution in [-0.2, 0) is 0 Å². The van der Waals surface area contributed by atoms with E-state index in [1.807, 2.05) is 0 Å². The topological polar surface area (TPSA) is 23.9 Å². The maximum Gasteiger partial charge on any atom is 0.417 e. The first kappa shape index (κ1) is 9.94. The maximum absolute atomic E-state index is 11.8. The fourth-order valence-corrected chi connectivity index (χ4v) is 0.471. The number of rotatable bonds is 2. The smallest absolute Gasteiger partial charge is 0.308 e. The van der Waals surface area contributed by atoms with Crippen LogP contribution in [0, 0.1) is 5.41 Å². The predicted molar refractivity (Wildman–Crippen MR) is 37.7 cm³/mol. The number of alkyl halides is 3. The predicted octanol–water partition coefficient (Wildman–Crippen LogP) is 2.70. The standard InChI is InChI=1S/C7H8F3N/c1-5(2)3-6(4-11)7(8,9)10/h3-4,11H,1H2,2H3/b6-3+,11-4?. The van der Waals surface area contributed by atoms with E-state index in [0.717, 1.165) is 6.08 Å². The molecule has 0 rings (SSSR count). The summed E-state index contributed by atoms with van der Waals surface area (Å²) in [4.78, 5) is 0. The Morgan fingerprint density at radius 2 is 1.91 bits per heavy atom. The van der Waals surface area contributed by atoms with E-state index in [9.17, 15) is 13.2 Å². The molecule has 1 N–H and O–H groups in total. The molecule has 0 fully saturated rings. The Bertz CT molecular complexity index is 200.